The van der Waals surface area contributed by atoms with Crippen LogP contribution in [0.15, 0.2) is 24.7 Å². The van der Waals surface area contributed by atoms with Gasteiger partial charge in [0.25, 0.3) is 0 Å². The molecule has 0 saturated heterocycles. The first-order valence-corrected chi connectivity index (χ1v) is 4.26. The molecule has 0 aliphatic heterocycles. The topological polar surface area (TPSA) is 87.8 Å². The molecule has 2 aromatic rings. The smallest absolute Gasteiger partial charge is 0.147 e. The zero-order valence-electron chi connectivity index (χ0n) is 7.68. The predicted molar refractivity (Wildman–Crippen MR) is 51.3 cm³/mol. The number of rotatable bonds is 2. The number of aliphatic hydroxyl groups is 1. The number of hydrogen-bond donors (Lipinski definition) is 3. The number of pyridine rings is 1. The Labute approximate surface area is 84.8 Å². The Morgan fingerprint density at radius 1 is 1.40 bits per heavy atom. The maximum absolute atomic E-state index is 13.3. The molecule has 0 aliphatic carbocycles. The molecular weight excluding hydrogens is 199 g/mol. The first-order chi connectivity index (χ1) is 7.20. The summed E-state index contributed by atoms with van der Waals surface area (Å²) in [7, 11) is 0. The normalized spacial score (nSPS) is 12.7. The first kappa shape index (κ1) is 9.60. The highest BCUT2D eigenvalue weighted by Gasteiger charge is 2.18. The fraction of sp³-hybridized carbons (Fsp3) is 0.111. The molecule has 6 heteroatoms. The van der Waals surface area contributed by atoms with E-state index in [1.54, 1.807) is 0 Å². The van der Waals surface area contributed by atoms with Gasteiger partial charge in [0.15, 0.2) is 0 Å². The van der Waals surface area contributed by atoms with E-state index in [0.29, 0.717) is 5.56 Å². The maximum atomic E-state index is 13.3. The van der Waals surface area contributed by atoms with Gasteiger partial charge in [-0.3, -0.25) is 10.1 Å². The quantitative estimate of drug-likeness (QED) is 0.674. The minimum absolute atomic E-state index is 0.123. The van der Waals surface area contributed by atoms with Gasteiger partial charge in [-0.2, -0.15) is 5.10 Å². The molecule has 4 N–H and O–H groups in total. The lowest BCUT2D eigenvalue weighted by molar-refractivity contribution is 0.215. The molecule has 0 bridgehead atoms. The fourth-order valence-electron chi connectivity index (χ4n) is 1.30. The van der Waals surface area contributed by atoms with Crippen LogP contribution < -0.4 is 5.73 Å². The SMILES string of the molecule is Nc1[nH]ncc1C(O)c1ccncc1F. The Balaban J connectivity index is 2.41. The van der Waals surface area contributed by atoms with Crippen molar-refractivity contribution < 1.29 is 9.50 Å². The molecule has 0 spiro atoms. The largest absolute Gasteiger partial charge is 0.384 e. The van der Waals surface area contributed by atoms with Gasteiger partial charge in [0, 0.05) is 17.3 Å². The summed E-state index contributed by atoms with van der Waals surface area (Å²) >= 11 is 0. The Bertz CT molecular complexity index is 471. The predicted octanol–water partition coefficient (Wildman–Crippen LogP) is 0.608. The average molecular weight is 208 g/mol. The molecule has 0 radical (unpaired) electrons. The minimum Gasteiger partial charge on any atom is -0.384 e. The molecule has 2 aromatic heterocycles. The van der Waals surface area contributed by atoms with Crippen LogP contribution in [0.4, 0.5) is 10.2 Å². The summed E-state index contributed by atoms with van der Waals surface area (Å²) in [6.07, 6.45) is 2.67. The molecule has 5 nitrogen and oxygen atoms in total. The van der Waals surface area contributed by atoms with Crippen LogP contribution in [0.2, 0.25) is 0 Å². The summed E-state index contributed by atoms with van der Waals surface area (Å²) in [6, 6.07) is 1.40. The van der Waals surface area contributed by atoms with Crippen molar-refractivity contribution >= 4 is 5.82 Å². The molecule has 1 atom stereocenters. The first-order valence-electron chi connectivity index (χ1n) is 4.26. The molecule has 0 aliphatic rings. The Kier molecular flexibility index (Phi) is 2.34. The van der Waals surface area contributed by atoms with Crippen LogP contribution in [0.25, 0.3) is 0 Å². The second-order valence-electron chi connectivity index (χ2n) is 3.04. The number of hydrogen-bond acceptors (Lipinski definition) is 4. The summed E-state index contributed by atoms with van der Waals surface area (Å²) in [5, 5.41) is 16.0. The Hall–Kier alpha value is -1.95. The van der Waals surface area contributed by atoms with Gasteiger partial charge in [-0.05, 0) is 6.07 Å². The number of nitrogen functional groups attached to an aromatic ring is 1. The highest BCUT2D eigenvalue weighted by atomic mass is 19.1. The van der Waals surface area contributed by atoms with E-state index in [-0.39, 0.29) is 11.4 Å². The van der Waals surface area contributed by atoms with Gasteiger partial charge >= 0.3 is 0 Å². The lowest BCUT2D eigenvalue weighted by atomic mass is 10.1. The van der Waals surface area contributed by atoms with Crippen molar-refractivity contribution in [2.75, 3.05) is 5.73 Å². The third-order valence-corrected chi connectivity index (χ3v) is 2.09. The molecule has 78 valence electrons. The molecule has 2 heterocycles. The van der Waals surface area contributed by atoms with E-state index in [2.05, 4.69) is 15.2 Å². The van der Waals surface area contributed by atoms with Gasteiger partial charge in [-0.25, -0.2) is 4.39 Å². The van der Waals surface area contributed by atoms with Crippen molar-refractivity contribution in [3.63, 3.8) is 0 Å². The van der Waals surface area contributed by atoms with E-state index in [9.17, 15) is 9.50 Å². The van der Waals surface area contributed by atoms with Crippen LogP contribution in [-0.2, 0) is 0 Å². The summed E-state index contributed by atoms with van der Waals surface area (Å²) < 4.78 is 13.3. The van der Waals surface area contributed by atoms with Gasteiger partial charge in [0.05, 0.1) is 12.4 Å². The van der Waals surface area contributed by atoms with Crippen molar-refractivity contribution in [2.45, 2.75) is 6.10 Å². The van der Waals surface area contributed by atoms with Crippen LogP contribution in [0, 0.1) is 5.82 Å². The Morgan fingerprint density at radius 2 is 2.20 bits per heavy atom. The zero-order valence-corrected chi connectivity index (χ0v) is 7.68. The van der Waals surface area contributed by atoms with Gasteiger partial charge < -0.3 is 10.8 Å². The Morgan fingerprint density at radius 3 is 2.80 bits per heavy atom. The van der Waals surface area contributed by atoms with E-state index in [0.717, 1.165) is 6.20 Å². The van der Waals surface area contributed by atoms with Crippen molar-refractivity contribution in [2.24, 2.45) is 0 Å². The second kappa shape index (κ2) is 3.66. The average Bonchev–Trinajstić information content (AvgIpc) is 2.64. The van der Waals surface area contributed by atoms with Crippen molar-refractivity contribution in [3.05, 3.63) is 41.6 Å². The highest BCUT2D eigenvalue weighted by molar-refractivity contribution is 5.42. The van der Waals surface area contributed by atoms with E-state index in [4.69, 9.17) is 5.73 Å². The van der Waals surface area contributed by atoms with Crippen LogP contribution >= 0.6 is 0 Å². The number of aromatic nitrogens is 3. The van der Waals surface area contributed by atoms with E-state index >= 15 is 0 Å². The number of nitrogens with zero attached hydrogens (tertiary/aromatic N) is 2. The second-order valence-corrected chi connectivity index (χ2v) is 3.04. The zero-order chi connectivity index (χ0) is 10.8. The molecule has 0 saturated carbocycles. The number of nitrogens with two attached hydrogens (primary N) is 1. The standard InChI is InChI=1S/C9H9FN4O/c10-7-4-12-2-1-5(7)8(15)6-3-13-14-9(6)11/h1-4,8,15H,(H3,11,13,14). The maximum Gasteiger partial charge on any atom is 0.147 e. The molecular formula is C9H9FN4O. The lowest BCUT2D eigenvalue weighted by Gasteiger charge is -2.09. The van der Waals surface area contributed by atoms with E-state index in [1.165, 1.54) is 18.5 Å². The van der Waals surface area contributed by atoms with Crippen molar-refractivity contribution in [1.29, 1.82) is 0 Å². The molecule has 0 fully saturated rings. The fourth-order valence-corrected chi connectivity index (χ4v) is 1.30. The summed E-state index contributed by atoms with van der Waals surface area (Å²) in [6.45, 7) is 0. The van der Waals surface area contributed by atoms with Crippen LogP contribution in [-0.4, -0.2) is 20.3 Å². The van der Waals surface area contributed by atoms with E-state index < -0.39 is 11.9 Å². The van der Waals surface area contributed by atoms with Crippen LogP contribution in [0.3, 0.4) is 0 Å². The third kappa shape index (κ3) is 1.66. The number of anilines is 1. The monoisotopic (exact) mass is 208 g/mol. The van der Waals surface area contributed by atoms with Gasteiger partial charge in [-0.15, -0.1) is 0 Å². The minimum atomic E-state index is -1.13. The summed E-state index contributed by atoms with van der Waals surface area (Å²) in [4.78, 5) is 3.59. The van der Waals surface area contributed by atoms with Gasteiger partial charge in [0.2, 0.25) is 0 Å². The van der Waals surface area contributed by atoms with Crippen molar-refractivity contribution in [1.82, 2.24) is 15.2 Å². The molecule has 1 unspecified atom stereocenters. The van der Waals surface area contributed by atoms with Gasteiger partial charge in [-0.1, -0.05) is 0 Å². The highest BCUT2D eigenvalue weighted by Crippen LogP contribution is 2.26. The molecule has 0 amide bonds. The number of aliphatic hydroxyl groups excluding tert-OH is 1. The molecule has 2 rings (SSSR count). The number of H-pyrrole nitrogens is 1. The summed E-state index contributed by atoms with van der Waals surface area (Å²) in [5.74, 6) is -0.357. The van der Waals surface area contributed by atoms with Crippen molar-refractivity contribution in [3.8, 4) is 0 Å². The molecule has 15 heavy (non-hydrogen) atoms. The number of nitrogens with one attached hydrogen (secondary N) is 1. The molecule has 0 aromatic carbocycles. The van der Waals surface area contributed by atoms with Crippen LogP contribution in [0.1, 0.15) is 17.2 Å². The van der Waals surface area contributed by atoms with E-state index in [1.807, 2.05) is 0 Å². The van der Waals surface area contributed by atoms with Crippen LogP contribution in [0.5, 0.6) is 0 Å². The number of halogens is 1. The number of aromatic amines is 1. The third-order valence-electron chi connectivity index (χ3n) is 2.09. The summed E-state index contributed by atoms with van der Waals surface area (Å²) in [5.41, 5.74) is 5.98. The lowest BCUT2D eigenvalue weighted by Crippen LogP contribution is -2.04. The van der Waals surface area contributed by atoms with Gasteiger partial charge in [0.1, 0.15) is 17.7 Å².